The van der Waals surface area contributed by atoms with Crippen LogP contribution >= 0.6 is 23.1 Å². The first-order valence-corrected chi connectivity index (χ1v) is 8.16. The molecule has 3 rings (SSSR count). The maximum absolute atomic E-state index is 13.6. The molecule has 2 aromatic heterocycles. The summed E-state index contributed by atoms with van der Waals surface area (Å²) in [6, 6.07) is 2.05. The van der Waals surface area contributed by atoms with Gasteiger partial charge in [0.15, 0.2) is 27.7 Å². The first-order valence-electron chi connectivity index (χ1n) is 6.36. The first kappa shape index (κ1) is 16.5. The number of aromatic nitrogens is 3. The number of H-pyrrole nitrogens is 1. The highest BCUT2D eigenvalue weighted by atomic mass is 32.2. The summed E-state index contributed by atoms with van der Waals surface area (Å²) in [4.78, 5) is 33.0. The molecule has 0 atom stereocenters. The number of halogens is 3. The van der Waals surface area contributed by atoms with Crippen molar-refractivity contribution in [3.05, 3.63) is 46.1 Å². The molecule has 11 heteroatoms. The van der Waals surface area contributed by atoms with E-state index < -0.39 is 23.4 Å². The van der Waals surface area contributed by atoms with Gasteiger partial charge in [-0.25, -0.2) is 23.1 Å². The summed E-state index contributed by atoms with van der Waals surface area (Å²) in [5, 5.41) is 2.67. The molecule has 0 aliphatic heterocycles. The summed E-state index contributed by atoms with van der Waals surface area (Å²) in [5.74, 6) is -4.92. The van der Waals surface area contributed by atoms with Crippen molar-refractivity contribution in [3.63, 3.8) is 0 Å². The Labute approximate surface area is 140 Å². The van der Waals surface area contributed by atoms with Crippen molar-refractivity contribution in [2.24, 2.45) is 0 Å². The Morgan fingerprint density at radius 3 is 2.88 bits per heavy atom. The standard InChI is InChI=1S/C13H7F3N4O2S2/c14-5-3-6-11(10(16)9(5)15)20-13(24-6)19-8(22)4-23-12-17-2-1-7(21)18-12/h1-3H,4H2,(H,17,18,21)(H,19,20,22). The van der Waals surface area contributed by atoms with Crippen molar-refractivity contribution in [2.75, 3.05) is 11.1 Å². The quantitative estimate of drug-likeness (QED) is 0.417. The highest BCUT2D eigenvalue weighted by molar-refractivity contribution is 7.99. The number of amides is 1. The molecule has 2 N–H and O–H groups in total. The van der Waals surface area contributed by atoms with E-state index in [0.29, 0.717) is 0 Å². The highest BCUT2D eigenvalue weighted by Crippen LogP contribution is 2.30. The van der Waals surface area contributed by atoms with E-state index in [1.54, 1.807) is 0 Å². The Morgan fingerprint density at radius 1 is 1.33 bits per heavy atom. The van der Waals surface area contributed by atoms with Gasteiger partial charge in [0.05, 0.1) is 10.5 Å². The molecule has 3 aromatic rings. The van der Waals surface area contributed by atoms with Crippen LogP contribution in [0.25, 0.3) is 10.2 Å². The van der Waals surface area contributed by atoms with Crippen molar-refractivity contribution >= 4 is 44.4 Å². The number of carbonyl (C=O) groups is 1. The molecule has 2 heterocycles. The second-order valence-corrected chi connectivity index (χ2v) is 6.42. The Kier molecular flexibility index (Phi) is 4.53. The van der Waals surface area contributed by atoms with Gasteiger partial charge in [0, 0.05) is 12.3 Å². The van der Waals surface area contributed by atoms with Crippen LogP contribution in [-0.4, -0.2) is 26.6 Å². The van der Waals surface area contributed by atoms with E-state index in [1.807, 2.05) is 0 Å². The lowest BCUT2D eigenvalue weighted by Crippen LogP contribution is -2.15. The predicted molar refractivity (Wildman–Crippen MR) is 83.7 cm³/mol. The number of carbonyl (C=O) groups excluding carboxylic acids is 1. The Hall–Kier alpha value is -2.40. The summed E-state index contributed by atoms with van der Waals surface area (Å²) >= 11 is 1.80. The zero-order chi connectivity index (χ0) is 17.3. The average molecular weight is 372 g/mol. The van der Waals surface area contributed by atoms with Gasteiger partial charge in [0.25, 0.3) is 5.56 Å². The number of hydrogen-bond donors (Lipinski definition) is 2. The van der Waals surface area contributed by atoms with E-state index in [-0.39, 0.29) is 31.8 Å². The van der Waals surface area contributed by atoms with Crippen LogP contribution in [0.3, 0.4) is 0 Å². The van der Waals surface area contributed by atoms with Crippen LogP contribution in [0.2, 0.25) is 0 Å². The molecule has 124 valence electrons. The van der Waals surface area contributed by atoms with Crippen LogP contribution in [0.4, 0.5) is 18.3 Å². The third-order valence-corrected chi connectivity index (χ3v) is 4.56. The zero-order valence-electron chi connectivity index (χ0n) is 11.6. The summed E-state index contributed by atoms with van der Waals surface area (Å²) in [6.45, 7) is 0. The van der Waals surface area contributed by atoms with E-state index in [2.05, 4.69) is 20.3 Å². The second kappa shape index (κ2) is 6.61. The molecule has 0 saturated carbocycles. The van der Waals surface area contributed by atoms with E-state index >= 15 is 0 Å². The highest BCUT2D eigenvalue weighted by Gasteiger charge is 2.18. The number of hydrogen-bond acceptors (Lipinski definition) is 6. The van der Waals surface area contributed by atoms with Crippen molar-refractivity contribution in [3.8, 4) is 0 Å². The van der Waals surface area contributed by atoms with Crippen molar-refractivity contribution < 1.29 is 18.0 Å². The van der Waals surface area contributed by atoms with Gasteiger partial charge >= 0.3 is 0 Å². The number of aromatic amines is 1. The molecular weight excluding hydrogens is 365 g/mol. The summed E-state index contributed by atoms with van der Waals surface area (Å²) in [5.41, 5.74) is -0.700. The van der Waals surface area contributed by atoms with Gasteiger partial charge in [0.2, 0.25) is 5.91 Å². The number of anilines is 1. The topological polar surface area (TPSA) is 87.7 Å². The number of nitrogens with zero attached hydrogens (tertiary/aromatic N) is 2. The van der Waals surface area contributed by atoms with Gasteiger partial charge in [-0.15, -0.1) is 0 Å². The lowest BCUT2D eigenvalue weighted by molar-refractivity contribution is -0.113. The largest absolute Gasteiger partial charge is 0.301 e. The first-order chi connectivity index (χ1) is 11.4. The minimum atomic E-state index is -1.61. The van der Waals surface area contributed by atoms with Gasteiger partial charge in [-0.2, -0.15) is 0 Å². The van der Waals surface area contributed by atoms with E-state index in [1.165, 1.54) is 12.3 Å². The zero-order valence-corrected chi connectivity index (χ0v) is 13.2. The number of benzene rings is 1. The van der Waals surface area contributed by atoms with E-state index in [9.17, 15) is 22.8 Å². The minimum absolute atomic E-state index is 0.00835. The van der Waals surface area contributed by atoms with Gasteiger partial charge < -0.3 is 10.3 Å². The van der Waals surface area contributed by atoms with E-state index in [0.717, 1.165) is 29.2 Å². The molecule has 0 aliphatic rings. The van der Waals surface area contributed by atoms with Crippen LogP contribution in [0, 0.1) is 17.5 Å². The van der Waals surface area contributed by atoms with Gasteiger partial charge in [-0.1, -0.05) is 23.1 Å². The summed E-state index contributed by atoms with van der Waals surface area (Å²) < 4.78 is 40.0. The molecule has 0 bridgehead atoms. The molecule has 1 amide bonds. The lowest BCUT2D eigenvalue weighted by Gasteiger charge is -2.00. The van der Waals surface area contributed by atoms with Crippen LogP contribution in [0.15, 0.2) is 28.3 Å². The number of thiazole rings is 1. The van der Waals surface area contributed by atoms with Gasteiger partial charge in [0.1, 0.15) is 5.52 Å². The monoisotopic (exact) mass is 372 g/mol. The molecular formula is C13H7F3N4O2S2. The molecule has 1 aromatic carbocycles. The van der Waals surface area contributed by atoms with Crippen LogP contribution in [0.1, 0.15) is 0 Å². The Morgan fingerprint density at radius 2 is 2.12 bits per heavy atom. The van der Waals surface area contributed by atoms with Gasteiger partial charge in [-0.3, -0.25) is 9.59 Å². The maximum Gasteiger partial charge on any atom is 0.251 e. The fraction of sp³-hybridized carbons (Fsp3) is 0.0769. The van der Waals surface area contributed by atoms with Crippen molar-refractivity contribution in [2.45, 2.75) is 5.16 Å². The van der Waals surface area contributed by atoms with Crippen molar-refractivity contribution in [1.29, 1.82) is 0 Å². The number of thioether (sulfide) groups is 1. The number of fused-ring (bicyclic) bond motifs is 1. The third-order valence-electron chi connectivity index (χ3n) is 2.76. The molecule has 0 fully saturated rings. The Bertz CT molecular complexity index is 989. The molecule has 0 radical (unpaired) electrons. The van der Waals surface area contributed by atoms with Crippen LogP contribution in [-0.2, 0) is 4.79 Å². The fourth-order valence-electron chi connectivity index (χ4n) is 1.74. The van der Waals surface area contributed by atoms with Crippen LogP contribution < -0.4 is 10.9 Å². The summed E-state index contributed by atoms with van der Waals surface area (Å²) in [7, 11) is 0. The molecule has 0 spiro atoms. The Balaban J connectivity index is 1.71. The fourth-order valence-corrected chi connectivity index (χ4v) is 3.29. The SMILES string of the molecule is O=C(CSc1nccc(=O)[nH]1)Nc1nc2c(F)c(F)c(F)cc2s1. The van der Waals surface area contributed by atoms with Crippen LogP contribution in [0.5, 0.6) is 0 Å². The third kappa shape index (κ3) is 3.41. The second-order valence-electron chi connectivity index (χ2n) is 4.43. The van der Waals surface area contributed by atoms with E-state index in [4.69, 9.17) is 0 Å². The molecule has 0 saturated heterocycles. The average Bonchev–Trinajstić information content (AvgIpc) is 2.93. The van der Waals surface area contributed by atoms with Crippen molar-refractivity contribution in [1.82, 2.24) is 15.0 Å². The molecule has 24 heavy (non-hydrogen) atoms. The normalized spacial score (nSPS) is 11.0. The maximum atomic E-state index is 13.6. The number of nitrogens with one attached hydrogen (secondary N) is 2. The smallest absolute Gasteiger partial charge is 0.251 e. The molecule has 0 unspecified atom stereocenters. The molecule has 6 nitrogen and oxygen atoms in total. The lowest BCUT2D eigenvalue weighted by atomic mass is 10.3. The predicted octanol–water partition coefficient (Wildman–Crippen LogP) is 2.53. The van der Waals surface area contributed by atoms with Gasteiger partial charge in [-0.05, 0) is 6.07 Å². The minimum Gasteiger partial charge on any atom is -0.301 e. The number of rotatable bonds is 4. The summed E-state index contributed by atoms with van der Waals surface area (Å²) in [6.07, 6.45) is 1.30. The molecule has 0 aliphatic carbocycles.